The van der Waals surface area contributed by atoms with Crippen LogP contribution in [-0.4, -0.2) is 21.5 Å². The van der Waals surface area contributed by atoms with Gasteiger partial charge in [0, 0.05) is 12.6 Å². The van der Waals surface area contributed by atoms with E-state index in [2.05, 4.69) is 28.8 Å². The number of aromatic amines is 1. The highest BCUT2D eigenvalue weighted by atomic mass is 15.0. The van der Waals surface area contributed by atoms with Crippen molar-refractivity contribution < 1.29 is 0 Å². The van der Waals surface area contributed by atoms with Crippen LogP contribution in [0, 0.1) is 12.8 Å². The maximum Gasteiger partial charge on any atom is 0.177 e. The smallest absolute Gasteiger partial charge is 0.177 e. The molecule has 0 aliphatic carbocycles. The molecule has 0 radical (unpaired) electrons. The minimum absolute atomic E-state index is 0.501. The van der Waals surface area contributed by atoms with Gasteiger partial charge in [-0.25, -0.2) is 9.97 Å². The molecule has 4 heteroatoms. The van der Waals surface area contributed by atoms with E-state index in [4.69, 9.17) is 5.73 Å². The number of aryl methyl sites for hydroxylation is 1. The number of nitrogens with two attached hydrogens (primary N) is 1. The topological polar surface area (TPSA) is 67.6 Å². The summed E-state index contributed by atoms with van der Waals surface area (Å²) in [5.74, 6) is 1.50. The molecule has 0 saturated carbocycles. The zero-order valence-electron chi connectivity index (χ0n) is 9.83. The van der Waals surface area contributed by atoms with Crippen molar-refractivity contribution in [3.8, 4) is 0 Å². The molecule has 0 aliphatic rings. The molecule has 0 aromatic carbocycles. The zero-order valence-corrected chi connectivity index (χ0v) is 9.83. The maximum absolute atomic E-state index is 5.70. The van der Waals surface area contributed by atoms with Gasteiger partial charge in [0.15, 0.2) is 5.65 Å². The van der Waals surface area contributed by atoms with Crippen molar-refractivity contribution in [1.29, 1.82) is 0 Å². The molecule has 2 aromatic heterocycles. The molecule has 0 bridgehead atoms. The first-order valence-corrected chi connectivity index (χ1v) is 5.74. The Bertz CT molecular complexity index is 471. The molecule has 16 heavy (non-hydrogen) atoms. The zero-order chi connectivity index (χ0) is 11.5. The number of H-pyrrole nitrogens is 1. The summed E-state index contributed by atoms with van der Waals surface area (Å²) in [6.07, 6.45) is 3.78. The molecular weight excluding hydrogens is 200 g/mol. The summed E-state index contributed by atoms with van der Waals surface area (Å²) in [5, 5.41) is 0. The molecule has 0 aliphatic heterocycles. The van der Waals surface area contributed by atoms with Crippen molar-refractivity contribution in [1.82, 2.24) is 15.0 Å². The fraction of sp³-hybridized carbons (Fsp3) is 0.500. The van der Waals surface area contributed by atoms with Crippen LogP contribution in [0.1, 0.15) is 24.7 Å². The first-order chi connectivity index (χ1) is 7.74. The molecule has 4 nitrogen and oxygen atoms in total. The summed E-state index contributed by atoms with van der Waals surface area (Å²) in [7, 11) is 0. The number of pyridine rings is 1. The quantitative estimate of drug-likeness (QED) is 0.822. The molecule has 0 fully saturated rings. The largest absolute Gasteiger partial charge is 0.340 e. The number of nitrogens with one attached hydrogen (secondary N) is 1. The van der Waals surface area contributed by atoms with Crippen LogP contribution in [0.15, 0.2) is 12.3 Å². The Morgan fingerprint density at radius 3 is 2.94 bits per heavy atom. The van der Waals surface area contributed by atoms with Gasteiger partial charge in [0.2, 0.25) is 0 Å². The summed E-state index contributed by atoms with van der Waals surface area (Å²) in [4.78, 5) is 12.1. The summed E-state index contributed by atoms with van der Waals surface area (Å²) >= 11 is 0. The maximum atomic E-state index is 5.70. The molecule has 2 heterocycles. The van der Waals surface area contributed by atoms with E-state index in [1.807, 2.05) is 6.07 Å². The number of nitrogens with zero attached hydrogens (tertiary/aromatic N) is 2. The molecule has 2 rings (SSSR count). The third-order valence-electron chi connectivity index (χ3n) is 3.04. The lowest BCUT2D eigenvalue weighted by Crippen LogP contribution is -2.16. The summed E-state index contributed by atoms with van der Waals surface area (Å²) in [5.41, 5.74) is 8.74. The van der Waals surface area contributed by atoms with Crippen molar-refractivity contribution in [3.05, 3.63) is 23.7 Å². The van der Waals surface area contributed by atoms with E-state index in [0.29, 0.717) is 12.5 Å². The van der Waals surface area contributed by atoms with Crippen molar-refractivity contribution in [2.75, 3.05) is 6.54 Å². The second-order valence-corrected chi connectivity index (χ2v) is 4.22. The number of hydrogen-bond acceptors (Lipinski definition) is 3. The van der Waals surface area contributed by atoms with Gasteiger partial charge in [-0.15, -0.1) is 0 Å². The van der Waals surface area contributed by atoms with Crippen LogP contribution in [0.4, 0.5) is 0 Å². The SMILES string of the molecule is CCC(CN)Cc1nc2nccc(C)c2[nH]1. The van der Waals surface area contributed by atoms with Crippen molar-refractivity contribution >= 4 is 11.2 Å². The minimum Gasteiger partial charge on any atom is -0.340 e. The van der Waals surface area contributed by atoms with E-state index >= 15 is 0 Å². The van der Waals surface area contributed by atoms with E-state index in [-0.39, 0.29) is 0 Å². The van der Waals surface area contributed by atoms with Gasteiger partial charge in [0.1, 0.15) is 5.82 Å². The van der Waals surface area contributed by atoms with E-state index in [9.17, 15) is 0 Å². The van der Waals surface area contributed by atoms with Crippen molar-refractivity contribution in [2.24, 2.45) is 11.7 Å². The monoisotopic (exact) mass is 218 g/mol. The lowest BCUT2D eigenvalue weighted by Gasteiger charge is -2.08. The third-order valence-corrected chi connectivity index (χ3v) is 3.04. The van der Waals surface area contributed by atoms with Crippen LogP contribution >= 0.6 is 0 Å². The van der Waals surface area contributed by atoms with E-state index in [1.54, 1.807) is 6.20 Å². The Hall–Kier alpha value is -1.42. The van der Waals surface area contributed by atoms with Gasteiger partial charge in [-0.3, -0.25) is 0 Å². The average Bonchev–Trinajstić information content (AvgIpc) is 2.70. The van der Waals surface area contributed by atoms with Crippen LogP contribution in [-0.2, 0) is 6.42 Å². The Balaban J connectivity index is 2.29. The van der Waals surface area contributed by atoms with Crippen LogP contribution < -0.4 is 5.73 Å². The van der Waals surface area contributed by atoms with E-state index in [1.165, 1.54) is 5.56 Å². The molecule has 2 aromatic rings. The predicted molar refractivity (Wildman–Crippen MR) is 65.2 cm³/mol. The van der Waals surface area contributed by atoms with Crippen LogP contribution in [0.3, 0.4) is 0 Å². The minimum atomic E-state index is 0.501. The van der Waals surface area contributed by atoms with Crippen LogP contribution in [0.2, 0.25) is 0 Å². The summed E-state index contributed by atoms with van der Waals surface area (Å²) < 4.78 is 0. The molecule has 1 atom stereocenters. The van der Waals surface area contributed by atoms with Gasteiger partial charge in [-0.05, 0) is 31.0 Å². The summed E-state index contributed by atoms with van der Waals surface area (Å²) in [6, 6.07) is 1.99. The number of rotatable bonds is 4. The lowest BCUT2D eigenvalue weighted by molar-refractivity contribution is 0.508. The molecule has 0 spiro atoms. The van der Waals surface area contributed by atoms with Gasteiger partial charge >= 0.3 is 0 Å². The summed E-state index contributed by atoms with van der Waals surface area (Å²) in [6.45, 7) is 4.93. The molecule has 1 unspecified atom stereocenters. The number of imidazole rings is 1. The first kappa shape index (κ1) is 11.1. The van der Waals surface area contributed by atoms with Gasteiger partial charge in [0.05, 0.1) is 5.52 Å². The Morgan fingerprint density at radius 2 is 2.31 bits per heavy atom. The van der Waals surface area contributed by atoms with Crippen LogP contribution in [0.5, 0.6) is 0 Å². The normalized spacial score (nSPS) is 13.2. The van der Waals surface area contributed by atoms with Crippen molar-refractivity contribution in [2.45, 2.75) is 26.7 Å². The second-order valence-electron chi connectivity index (χ2n) is 4.22. The highest BCUT2D eigenvalue weighted by molar-refractivity contribution is 5.74. The van der Waals surface area contributed by atoms with Crippen LogP contribution in [0.25, 0.3) is 11.2 Å². The van der Waals surface area contributed by atoms with E-state index in [0.717, 1.165) is 29.8 Å². The average molecular weight is 218 g/mol. The second kappa shape index (κ2) is 4.61. The van der Waals surface area contributed by atoms with Gasteiger partial charge < -0.3 is 10.7 Å². The highest BCUT2D eigenvalue weighted by Crippen LogP contribution is 2.15. The first-order valence-electron chi connectivity index (χ1n) is 5.74. The molecule has 0 amide bonds. The highest BCUT2D eigenvalue weighted by Gasteiger charge is 2.10. The fourth-order valence-corrected chi connectivity index (χ4v) is 1.85. The van der Waals surface area contributed by atoms with E-state index < -0.39 is 0 Å². The Morgan fingerprint density at radius 1 is 1.50 bits per heavy atom. The Labute approximate surface area is 95.3 Å². The lowest BCUT2D eigenvalue weighted by atomic mass is 10.0. The predicted octanol–water partition coefficient (Wildman–Crippen LogP) is 1.79. The van der Waals surface area contributed by atoms with Gasteiger partial charge in [-0.1, -0.05) is 13.3 Å². The molecular formula is C12H18N4. The number of fused-ring (bicyclic) bond motifs is 1. The number of aromatic nitrogens is 3. The fourth-order valence-electron chi connectivity index (χ4n) is 1.85. The number of hydrogen-bond donors (Lipinski definition) is 2. The molecule has 86 valence electrons. The van der Waals surface area contributed by atoms with Gasteiger partial charge in [0.25, 0.3) is 0 Å². The van der Waals surface area contributed by atoms with Crippen molar-refractivity contribution in [3.63, 3.8) is 0 Å². The standard InChI is InChI=1S/C12H18N4/c1-3-9(7-13)6-10-15-11-8(2)4-5-14-12(11)16-10/h4-5,9H,3,6-7,13H2,1-2H3,(H,14,15,16). The third kappa shape index (κ3) is 2.07. The molecule has 0 saturated heterocycles. The Kier molecular flexibility index (Phi) is 3.19. The molecule has 3 N–H and O–H groups in total. The van der Waals surface area contributed by atoms with Gasteiger partial charge in [-0.2, -0.15) is 0 Å².